The van der Waals surface area contributed by atoms with Crippen LogP contribution in [0.1, 0.15) is 51.9 Å². The van der Waals surface area contributed by atoms with Crippen molar-refractivity contribution in [3.8, 4) is 0 Å². The van der Waals surface area contributed by atoms with Gasteiger partial charge in [0.2, 0.25) is 0 Å². The largest absolute Gasteiger partial charge is 0.314 e. The summed E-state index contributed by atoms with van der Waals surface area (Å²) >= 11 is 0. The molecule has 0 aromatic rings. The zero-order valence-corrected chi connectivity index (χ0v) is 12.0. The van der Waals surface area contributed by atoms with Crippen molar-refractivity contribution in [3.63, 3.8) is 0 Å². The molecule has 1 saturated heterocycles. The van der Waals surface area contributed by atoms with Gasteiger partial charge in [-0.25, -0.2) is 0 Å². The van der Waals surface area contributed by atoms with E-state index in [0.29, 0.717) is 0 Å². The third kappa shape index (κ3) is 2.91. The van der Waals surface area contributed by atoms with E-state index >= 15 is 0 Å². The molecule has 3 unspecified atom stereocenters. The van der Waals surface area contributed by atoms with Crippen molar-refractivity contribution in [1.82, 2.24) is 10.2 Å². The maximum atomic E-state index is 3.88. The van der Waals surface area contributed by atoms with Crippen molar-refractivity contribution in [1.29, 1.82) is 0 Å². The van der Waals surface area contributed by atoms with Gasteiger partial charge in [-0.15, -0.1) is 0 Å². The van der Waals surface area contributed by atoms with Crippen LogP contribution in [0.3, 0.4) is 0 Å². The lowest BCUT2D eigenvalue weighted by Gasteiger charge is -2.33. The quantitative estimate of drug-likeness (QED) is 0.807. The third-order valence-corrected chi connectivity index (χ3v) is 5.68. The number of hydrogen-bond donors (Lipinski definition) is 1. The third-order valence-electron chi connectivity index (χ3n) is 5.68. The molecule has 1 aliphatic heterocycles. The summed E-state index contributed by atoms with van der Waals surface area (Å²) in [5, 5.41) is 3.88. The minimum absolute atomic E-state index is 0.817. The number of likely N-dealkylation sites (tertiary alicyclic amines) is 1. The maximum Gasteiger partial charge on any atom is 0.00915 e. The number of piperidine rings is 1. The van der Waals surface area contributed by atoms with Gasteiger partial charge in [-0.05, 0) is 82.5 Å². The van der Waals surface area contributed by atoms with Crippen molar-refractivity contribution in [3.05, 3.63) is 0 Å². The summed E-state index contributed by atoms with van der Waals surface area (Å²) in [6.45, 7) is 7.56. The second kappa shape index (κ2) is 5.92. The summed E-state index contributed by atoms with van der Waals surface area (Å²) in [6.07, 6.45) is 10.2. The van der Waals surface area contributed by atoms with Crippen molar-refractivity contribution in [2.75, 3.05) is 26.2 Å². The van der Waals surface area contributed by atoms with Crippen molar-refractivity contribution in [2.45, 2.75) is 57.9 Å². The summed E-state index contributed by atoms with van der Waals surface area (Å²) in [5.41, 5.74) is 0. The molecule has 3 atom stereocenters. The topological polar surface area (TPSA) is 15.3 Å². The average molecular weight is 250 g/mol. The van der Waals surface area contributed by atoms with E-state index in [-0.39, 0.29) is 0 Å². The van der Waals surface area contributed by atoms with Gasteiger partial charge in [0, 0.05) is 6.04 Å². The standard InChI is InChI=1S/C16H30N2/c1-2-7-18-8-5-16(6-9-18)17-12-15-11-13-3-4-14(15)10-13/h13-17H,2-12H2,1H3. The summed E-state index contributed by atoms with van der Waals surface area (Å²) in [4.78, 5) is 2.63. The Hall–Kier alpha value is -0.0800. The highest BCUT2D eigenvalue weighted by Crippen LogP contribution is 2.47. The van der Waals surface area contributed by atoms with Crippen molar-refractivity contribution in [2.24, 2.45) is 17.8 Å². The molecule has 2 bridgehead atoms. The highest BCUT2D eigenvalue weighted by Gasteiger charge is 2.39. The molecule has 2 nitrogen and oxygen atoms in total. The smallest absolute Gasteiger partial charge is 0.00915 e. The molecular formula is C16H30N2. The van der Waals surface area contributed by atoms with Crippen LogP contribution in [0.4, 0.5) is 0 Å². The summed E-state index contributed by atoms with van der Waals surface area (Å²) in [7, 11) is 0. The Morgan fingerprint density at radius 1 is 1.06 bits per heavy atom. The SMILES string of the molecule is CCCN1CCC(NCC2CC3CCC2C3)CC1. The molecule has 3 aliphatic rings. The molecule has 2 aliphatic carbocycles. The lowest BCUT2D eigenvalue weighted by Crippen LogP contribution is -2.44. The van der Waals surface area contributed by atoms with Crippen LogP contribution < -0.4 is 5.32 Å². The molecule has 1 heterocycles. The Bertz CT molecular complexity index is 258. The van der Waals surface area contributed by atoms with Crippen LogP contribution in [0.15, 0.2) is 0 Å². The van der Waals surface area contributed by atoms with Crippen LogP contribution >= 0.6 is 0 Å². The van der Waals surface area contributed by atoms with E-state index in [0.717, 1.165) is 23.8 Å². The van der Waals surface area contributed by atoms with Gasteiger partial charge >= 0.3 is 0 Å². The maximum absolute atomic E-state index is 3.88. The van der Waals surface area contributed by atoms with Gasteiger partial charge in [0.25, 0.3) is 0 Å². The first-order valence-corrected chi connectivity index (χ1v) is 8.31. The molecule has 0 spiro atoms. The lowest BCUT2D eigenvalue weighted by atomic mass is 9.88. The fraction of sp³-hybridized carbons (Fsp3) is 1.00. The molecule has 18 heavy (non-hydrogen) atoms. The van der Waals surface area contributed by atoms with E-state index in [1.165, 1.54) is 64.7 Å². The van der Waals surface area contributed by atoms with Gasteiger partial charge in [0.15, 0.2) is 0 Å². The number of rotatable bonds is 5. The second-order valence-corrected chi connectivity index (χ2v) is 6.96. The molecule has 0 amide bonds. The predicted molar refractivity (Wildman–Crippen MR) is 76.7 cm³/mol. The van der Waals surface area contributed by atoms with Crippen LogP contribution in [0.5, 0.6) is 0 Å². The van der Waals surface area contributed by atoms with E-state index in [4.69, 9.17) is 0 Å². The molecule has 0 radical (unpaired) electrons. The summed E-state index contributed by atoms with van der Waals surface area (Å²) in [5.74, 6) is 3.22. The van der Waals surface area contributed by atoms with Crippen LogP contribution in [0.2, 0.25) is 0 Å². The van der Waals surface area contributed by atoms with Gasteiger partial charge in [0.05, 0.1) is 0 Å². The highest BCUT2D eigenvalue weighted by atomic mass is 15.1. The predicted octanol–water partition coefficient (Wildman–Crippen LogP) is 2.89. The number of nitrogens with zero attached hydrogens (tertiary/aromatic N) is 1. The molecule has 104 valence electrons. The van der Waals surface area contributed by atoms with E-state index in [9.17, 15) is 0 Å². The van der Waals surface area contributed by atoms with E-state index in [2.05, 4.69) is 17.1 Å². The van der Waals surface area contributed by atoms with Crippen molar-refractivity contribution < 1.29 is 0 Å². The second-order valence-electron chi connectivity index (χ2n) is 6.96. The molecule has 3 rings (SSSR count). The monoisotopic (exact) mass is 250 g/mol. The van der Waals surface area contributed by atoms with E-state index in [1.54, 1.807) is 6.42 Å². The molecule has 1 N–H and O–H groups in total. The van der Waals surface area contributed by atoms with Gasteiger partial charge < -0.3 is 10.2 Å². The van der Waals surface area contributed by atoms with Gasteiger partial charge in [-0.2, -0.15) is 0 Å². The van der Waals surface area contributed by atoms with Crippen LogP contribution in [-0.4, -0.2) is 37.1 Å². The zero-order chi connectivity index (χ0) is 12.4. The fourth-order valence-corrected chi connectivity index (χ4v) is 4.62. The number of nitrogens with one attached hydrogen (secondary N) is 1. The minimum Gasteiger partial charge on any atom is -0.314 e. The first kappa shape index (κ1) is 12.9. The highest BCUT2D eigenvalue weighted by molar-refractivity contribution is 4.91. The van der Waals surface area contributed by atoms with Crippen LogP contribution in [-0.2, 0) is 0 Å². The summed E-state index contributed by atoms with van der Waals surface area (Å²) in [6, 6.07) is 0.817. The molecule has 0 aromatic heterocycles. The average Bonchev–Trinajstić information content (AvgIpc) is 3.00. The van der Waals surface area contributed by atoms with Crippen LogP contribution in [0.25, 0.3) is 0 Å². The minimum atomic E-state index is 0.817. The fourth-order valence-electron chi connectivity index (χ4n) is 4.62. The Kier molecular flexibility index (Phi) is 4.25. The molecule has 0 aromatic carbocycles. The zero-order valence-electron chi connectivity index (χ0n) is 12.0. The van der Waals surface area contributed by atoms with Gasteiger partial charge in [-0.1, -0.05) is 13.3 Å². The van der Waals surface area contributed by atoms with Gasteiger partial charge in [-0.3, -0.25) is 0 Å². The molecule has 2 heteroatoms. The van der Waals surface area contributed by atoms with Crippen molar-refractivity contribution >= 4 is 0 Å². The van der Waals surface area contributed by atoms with Gasteiger partial charge in [0.1, 0.15) is 0 Å². The Labute approximate surface area is 113 Å². The normalized spacial score (nSPS) is 37.5. The Balaban J connectivity index is 1.35. The van der Waals surface area contributed by atoms with E-state index < -0.39 is 0 Å². The molecular weight excluding hydrogens is 220 g/mol. The number of hydrogen-bond acceptors (Lipinski definition) is 2. The van der Waals surface area contributed by atoms with E-state index in [1.807, 2.05) is 0 Å². The lowest BCUT2D eigenvalue weighted by molar-refractivity contribution is 0.190. The Morgan fingerprint density at radius 2 is 1.89 bits per heavy atom. The number of fused-ring (bicyclic) bond motifs is 2. The molecule has 3 fully saturated rings. The molecule has 2 saturated carbocycles. The first-order valence-electron chi connectivity index (χ1n) is 8.31. The Morgan fingerprint density at radius 3 is 2.50 bits per heavy atom. The first-order chi connectivity index (χ1) is 8.85. The van der Waals surface area contributed by atoms with Crippen LogP contribution in [0, 0.1) is 17.8 Å². The summed E-state index contributed by atoms with van der Waals surface area (Å²) < 4.78 is 0.